The molecule has 2 fully saturated rings. The van der Waals surface area contributed by atoms with Crippen molar-refractivity contribution < 1.29 is 14.7 Å². The Balaban J connectivity index is 0.00000182. The summed E-state index contributed by atoms with van der Waals surface area (Å²) >= 11 is 0. The van der Waals surface area contributed by atoms with Crippen LogP contribution in [-0.4, -0.2) is 45.7 Å². The summed E-state index contributed by atoms with van der Waals surface area (Å²) in [5.74, 6) is -1.13. The van der Waals surface area contributed by atoms with Crippen molar-refractivity contribution in [1.29, 1.82) is 0 Å². The van der Waals surface area contributed by atoms with Crippen LogP contribution in [0.1, 0.15) is 50.3 Å². The second-order valence-electron chi connectivity index (χ2n) is 6.96. The number of carbonyl (C=O) groups excluding carboxylic acids is 1. The number of carboxylic acid groups (broad SMARTS) is 1. The lowest BCUT2D eigenvalue weighted by atomic mass is 9.86. The molecule has 7 nitrogen and oxygen atoms in total. The molecule has 1 aromatic rings. The number of carboxylic acids is 1. The van der Waals surface area contributed by atoms with Gasteiger partial charge in [0.2, 0.25) is 5.91 Å². The zero-order chi connectivity index (χ0) is 17.6. The average Bonchev–Trinajstić information content (AvgIpc) is 3.10. The van der Waals surface area contributed by atoms with Gasteiger partial charge in [-0.2, -0.15) is 0 Å². The Bertz CT molecular complexity index is 636. The molecule has 152 valence electrons. The lowest BCUT2D eigenvalue weighted by molar-refractivity contribution is -0.142. The third-order valence-electron chi connectivity index (χ3n) is 5.18. The van der Waals surface area contributed by atoms with Crippen molar-refractivity contribution in [3.63, 3.8) is 0 Å². The fraction of sp³-hybridized carbons (Fsp3) is 0.611. The Labute approximate surface area is 171 Å². The van der Waals surface area contributed by atoms with Gasteiger partial charge in [-0.3, -0.25) is 9.59 Å². The van der Waals surface area contributed by atoms with E-state index in [2.05, 4.69) is 20.2 Å². The van der Waals surface area contributed by atoms with Gasteiger partial charge in [0.1, 0.15) is 0 Å². The van der Waals surface area contributed by atoms with Gasteiger partial charge in [-0.15, -0.1) is 24.8 Å². The predicted molar refractivity (Wildman–Crippen MR) is 108 cm³/mol. The van der Waals surface area contributed by atoms with Gasteiger partial charge in [-0.05, 0) is 57.7 Å². The van der Waals surface area contributed by atoms with Crippen LogP contribution < -0.4 is 10.6 Å². The summed E-state index contributed by atoms with van der Waals surface area (Å²) in [4.78, 5) is 27.3. The van der Waals surface area contributed by atoms with Crippen molar-refractivity contribution in [2.45, 2.75) is 50.6 Å². The number of hydrogen-bond donors (Lipinski definition) is 3. The van der Waals surface area contributed by atoms with Crippen molar-refractivity contribution in [2.24, 2.45) is 5.92 Å². The first-order chi connectivity index (χ1) is 12.1. The number of aromatic nitrogens is 2. The van der Waals surface area contributed by atoms with E-state index in [1.165, 1.54) is 6.08 Å². The summed E-state index contributed by atoms with van der Waals surface area (Å²) in [6.45, 7) is 2.06. The van der Waals surface area contributed by atoms with Crippen LogP contribution in [0.2, 0.25) is 0 Å². The van der Waals surface area contributed by atoms with Gasteiger partial charge in [0, 0.05) is 24.4 Å². The Kier molecular flexibility index (Phi) is 9.83. The molecule has 1 saturated carbocycles. The minimum Gasteiger partial charge on any atom is -0.481 e. The summed E-state index contributed by atoms with van der Waals surface area (Å²) in [5, 5.41) is 15.3. The highest BCUT2D eigenvalue weighted by atomic mass is 35.5. The Morgan fingerprint density at radius 3 is 2.44 bits per heavy atom. The fourth-order valence-corrected chi connectivity index (χ4v) is 3.64. The molecule has 27 heavy (non-hydrogen) atoms. The second kappa shape index (κ2) is 11.3. The van der Waals surface area contributed by atoms with Crippen molar-refractivity contribution in [2.75, 3.05) is 13.1 Å². The first-order valence-corrected chi connectivity index (χ1v) is 9.07. The normalized spacial score (nSPS) is 23.3. The maximum atomic E-state index is 12.1. The standard InChI is InChI=1S/C18H26N4O3.2ClH/c23-17(21-14-3-1-13(2-4-14)18(24)25)6-5-15-11-22(12-20-15)16-7-9-19-10-8-16;;/h5-6,11-14,16,19H,1-4,7-10H2,(H,21,23)(H,24,25);2*1H. The van der Waals surface area contributed by atoms with Crippen LogP contribution in [0, 0.1) is 5.92 Å². The molecular formula is C18H28Cl2N4O3. The third kappa shape index (κ3) is 6.83. The summed E-state index contributed by atoms with van der Waals surface area (Å²) in [6.07, 6.45) is 12.0. The van der Waals surface area contributed by atoms with E-state index in [-0.39, 0.29) is 42.7 Å². The first kappa shape index (κ1) is 23.5. The summed E-state index contributed by atoms with van der Waals surface area (Å²) in [7, 11) is 0. The molecule has 3 N–H and O–H groups in total. The number of nitrogens with one attached hydrogen (secondary N) is 2. The molecule has 2 heterocycles. The van der Waals surface area contributed by atoms with E-state index in [9.17, 15) is 9.59 Å². The highest BCUT2D eigenvalue weighted by Gasteiger charge is 2.26. The van der Waals surface area contributed by atoms with Gasteiger partial charge >= 0.3 is 5.97 Å². The number of halogens is 2. The van der Waals surface area contributed by atoms with Crippen molar-refractivity contribution >= 4 is 42.8 Å². The van der Waals surface area contributed by atoms with Crippen LogP contribution in [0.4, 0.5) is 0 Å². The van der Waals surface area contributed by atoms with E-state index in [0.717, 1.165) is 44.5 Å². The Morgan fingerprint density at radius 2 is 1.81 bits per heavy atom. The molecule has 0 aromatic carbocycles. The molecule has 0 atom stereocenters. The highest BCUT2D eigenvalue weighted by molar-refractivity contribution is 5.91. The predicted octanol–water partition coefficient (Wildman–Crippen LogP) is 2.42. The van der Waals surface area contributed by atoms with Gasteiger partial charge in [-0.25, -0.2) is 4.98 Å². The minimum atomic E-state index is -0.728. The Morgan fingerprint density at radius 1 is 1.15 bits per heavy atom. The first-order valence-electron chi connectivity index (χ1n) is 9.07. The molecule has 1 aliphatic carbocycles. The number of amides is 1. The van der Waals surface area contributed by atoms with Crippen molar-refractivity contribution in [1.82, 2.24) is 20.2 Å². The summed E-state index contributed by atoms with van der Waals surface area (Å²) in [6, 6.07) is 0.550. The van der Waals surface area contributed by atoms with E-state index in [1.54, 1.807) is 6.08 Å². The Hall–Kier alpha value is -1.57. The van der Waals surface area contributed by atoms with E-state index in [4.69, 9.17) is 5.11 Å². The molecular weight excluding hydrogens is 391 g/mol. The van der Waals surface area contributed by atoms with E-state index < -0.39 is 5.97 Å². The van der Waals surface area contributed by atoms with Crippen LogP contribution >= 0.6 is 24.8 Å². The summed E-state index contributed by atoms with van der Waals surface area (Å²) in [5.41, 5.74) is 0.781. The number of nitrogens with zero attached hydrogens (tertiary/aromatic N) is 2. The van der Waals surface area contributed by atoms with Gasteiger partial charge in [0.15, 0.2) is 0 Å². The number of rotatable bonds is 5. The largest absolute Gasteiger partial charge is 0.481 e. The quantitative estimate of drug-likeness (QED) is 0.637. The SMILES string of the molecule is Cl.Cl.O=C(C=Cc1cn(C2CCNCC2)cn1)NC1CCC(C(=O)O)CC1. The average molecular weight is 419 g/mol. The van der Waals surface area contributed by atoms with Crippen LogP contribution in [0.5, 0.6) is 0 Å². The third-order valence-corrected chi connectivity index (χ3v) is 5.18. The highest BCUT2D eigenvalue weighted by Crippen LogP contribution is 2.24. The maximum Gasteiger partial charge on any atom is 0.306 e. The van der Waals surface area contributed by atoms with Crippen LogP contribution in [0.3, 0.4) is 0 Å². The minimum absolute atomic E-state index is 0. The zero-order valence-electron chi connectivity index (χ0n) is 15.2. The molecule has 1 aliphatic heterocycles. The topological polar surface area (TPSA) is 96.3 Å². The molecule has 3 rings (SSSR count). The van der Waals surface area contributed by atoms with E-state index >= 15 is 0 Å². The molecule has 0 spiro atoms. The van der Waals surface area contributed by atoms with E-state index in [1.807, 2.05) is 12.5 Å². The zero-order valence-corrected chi connectivity index (χ0v) is 16.8. The smallest absolute Gasteiger partial charge is 0.306 e. The molecule has 0 unspecified atom stereocenters. The monoisotopic (exact) mass is 418 g/mol. The van der Waals surface area contributed by atoms with Gasteiger partial charge < -0.3 is 20.3 Å². The number of imidazole rings is 1. The number of carbonyl (C=O) groups is 2. The molecule has 1 amide bonds. The molecule has 2 aliphatic rings. The molecule has 9 heteroatoms. The van der Waals surface area contributed by atoms with Crippen molar-refractivity contribution in [3.05, 3.63) is 24.3 Å². The molecule has 0 bridgehead atoms. The lowest BCUT2D eigenvalue weighted by Crippen LogP contribution is -2.37. The van der Waals surface area contributed by atoms with Gasteiger partial charge in [0.25, 0.3) is 0 Å². The molecule has 0 radical (unpaired) electrons. The van der Waals surface area contributed by atoms with Crippen LogP contribution in [0.15, 0.2) is 18.6 Å². The van der Waals surface area contributed by atoms with Crippen molar-refractivity contribution in [3.8, 4) is 0 Å². The maximum absolute atomic E-state index is 12.1. The molecule has 1 saturated heterocycles. The lowest BCUT2D eigenvalue weighted by Gasteiger charge is -2.26. The summed E-state index contributed by atoms with van der Waals surface area (Å²) < 4.78 is 2.13. The number of hydrogen-bond acceptors (Lipinski definition) is 4. The van der Waals surface area contributed by atoms with E-state index in [0.29, 0.717) is 18.9 Å². The van der Waals surface area contributed by atoms with Gasteiger partial charge in [0.05, 0.1) is 17.9 Å². The van der Waals surface area contributed by atoms with Crippen LogP contribution in [-0.2, 0) is 9.59 Å². The second-order valence-corrected chi connectivity index (χ2v) is 6.96. The number of piperidine rings is 1. The van der Waals surface area contributed by atoms with Gasteiger partial charge in [-0.1, -0.05) is 0 Å². The molecule has 1 aromatic heterocycles. The number of aliphatic carboxylic acids is 1. The van der Waals surface area contributed by atoms with Crippen LogP contribution in [0.25, 0.3) is 6.08 Å². The fourth-order valence-electron chi connectivity index (χ4n) is 3.64.